The zero-order chi connectivity index (χ0) is 6.41. The maximum Gasteiger partial charge on any atom is 0.00693 e. The second-order valence-corrected chi connectivity index (χ2v) is 1.63. The molecule has 8 heavy (non-hydrogen) atoms. The van der Waals surface area contributed by atoms with Crippen molar-refractivity contribution >= 4 is 0 Å². The molecule has 0 unspecified atom stereocenters. The Morgan fingerprint density at radius 1 is 1.75 bits per heavy atom. The van der Waals surface area contributed by atoms with E-state index in [1.807, 2.05) is 20.0 Å². The standard InChI is InChI=1S/C7H13N/c1-4-5-6-7(2)8-3/h4-5,8H,2,6H2,1,3H3/b5-4-. The van der Waals surface area contributed by atoms with Crippen LogP contribution in [0.15, 0.2) is 24.4 Å². The van der Waals surface area contributed by atoms with E-state index in [4.69, 9.17) is 0 Å². The van der Waals surface area contributed by atoms with Crippen LogP contribution in [-0.4, -0.2) is 7.05 Å². The maximum absolute atomic E-state index is 3.75. The summed E-state index contributed by atoms with van der Waals surface area (Å²) in [5.74, 6) is 0. The molecule has 0 aliphatic heterocycles. The topological polar surface area (TPSA) is 12.0 Å². The maximum atomic E-state index is 3.75. The molecule has 0 aliphatic rings. The molecule has 0 saturated heterocycles. The average molecular weight is 111 g/mol. The van der Waals surface area contributed by atoms with Crippen LogP contribution in [0, 0.1) is 0 Å². The fourth-order valence-corrected chi connectivity index (χ4v) is 0.362. The lowest BCUT2D eigenvalue weighted by Gasteiger charge is -1.96. The van der Waals surface area contributed by atoms with Crippen molar-refractivity contribution in [3.8, 4) is 0 Å². The van der Waals surface area contributed by atoms with E-state index in [-0.39, 0.29) is 0 Å². The highest BCUT2D eigenvalue weighted by Crippen LogP contribution is 1.91. The predicted molar refractivity (Wildman–Crippen MR) is 37.6 cm³/mol. The highest BCUT2D eigenvalue weighted by molar-refractivity contribution is 4.97. The van der Waals surface area contributed by atoms with Crippen LogP contribution in [0.5, 0.6) is 0 Å². The average Bonchev–Trinajstić information content (AvgIpc) is 1.83. The van der Waals surface area contributed by atoms with Gasteiger partial charge >= 0.3 is 0 Å². The lowest BCUT2D eigenvalue weighted by molar-refractivity contribution is 0.946. The Hall–Kier alpha value is -0.720. The van der Waals surface area contributed by atoms with Crippen molar-refractivity contribution in [2.45, 2.75) is 13.3 Å². The summed E-state index contributed by atoms with van der Waals surface area (Å²) in [6.07, 6.45) is 5.02. The highest BCUT2D eigenvalue weighted by Gasteiger charge is 1.79. The SMILES string of the molecule is C=C(C/C=C\C)NC. The van der Waals surface area contributed by atoms with E-state index >= 15 is 0 Å². The monoisotopic (exact) mass is 111 g/mol. The van der Waals surface area contributed by atoms with Gasteiger partial charge in [0.1, 0.15) is 0 Å². The van der Waals surface area contributed by atoms with E-state index in [2.05, 4.69) is 18.0 Å². The Morgan fingerprint density at radius 3 is 2.75 bits per heavy atom. The van der Waals surface area contributed by atoms with Gasteiger partial charge < -0.3 is 5.32 Å². The third kappa shape index (κ3) is 3.47. The van der Waals surface area contributed by atoms with Gasteiger partial charge in [0.05, 0.1) is 0 Å². The van der Waals surface area contributed by atoms with Gasteiger partial charge in [0, 0.05) is 19.2 Å². The highest BCUT2D eigenvalue weighted by atomic mass is 14.8. The van der Waals surface area contributed by atoms with E-state index in [0.717, 1.165) is 12.1 Å². The molecule has 1 nitrogen and oxygen atoms in total. The molecule has 46 valence electrons. The van der Waals surface area contributed by atoms with Gasteiger partial charge in [-0.15, -0.1) is 0 Å². The normalized spacial score (nSPS) is 9.75. The summed E-state index contributed by atoms with van der Waals surface area (Å²) < 4.78 is 0. The van der Waals surface area contributed by atoms with Crippen molar-refractivity contribution in [2.75, 3.05) is 7.05 Å². The fourth-order valence-electron chi connectivity index (χ4n) is 0.362. The molecule has 1 N–H and O–H groups in total. The number of rotatable bonds is 3. The molecule has 0 aromatic rings. The molecule has 0 radical (unpaired) electrons. The molecule has 0 bridgehead atoms. The van der Waals surface area contributed by atoms with Gasteiger partial charge in [-0.1, -0.05) is 18.7 Å². The third-order valence-corrected chi connectivity index (χ3v) is 0.954. The number of hydrogen-bond acceptors (Lipinski definition) is 1. The van der Waals surface area contributed by atoms with Crippen molar-refractivity contribution in [1.29, 1.82) is 0 Å². The molecule has 0 spiro atoms. The van der Waals surface area contributed by atoms with E-state index < -0.39 is 0 Å². The summed E-state index contributed by atoms with van der Waals surface area (Å²) in [5, 5.41) is 2.95. The van der Waals surface area contributed by atoms with Crippen LogP contribution in [0.4, 0.5) is 0 Å². The summed E-state index contributed by atoms with van der Waals surface area (Å²) in [7, 11) is 1.88. The molecule has 0 rings (SSSR count). The predicted octanol–water partition coefficient (Wildman–Crippen LogP) is 1.69. The van der Waals surface area contributed by atoms with Gasteiger partial charge in [0.25, 0.3) is 0 Å². The van der Waals surface area contributed by atoms with Gasteiger partial charge in [-0.25, -0.2) is 0 Å². The number of nitrogens with one attached hydrogen (secondary N) is 1. The zero-order valence-corrected chi connectivity index (χ0v) is 5.57. The number of hydrogen-bond donors (Lipinski definition) is 1. The van der Waals surface area contributed by atoms with Gasteiger partial charge in [0.15, 0.2) is 0 Å². The number of allylic oxidation sites excluding steroid dienone is 2. The molecule has 0 aromatic carbocycles. The summed E-state index contributed by atoms with van der Waals surface area (Å²) in [4.78, 5) is 0. The first kappa shape index (κ1) is 7.28. The van der Waals surface area contributed by atoms with Crippen LogP contribution in [0.2, 0.25) is 0 Å². The Morgan fingerprint density at radius 2 is 2.38 bits per heavy atom. The Labute approximate surface area is 51.1 Å². The Bertz CT molecular complexity index is 92.6. The Kier molecular flexibility index (Phi) is 4.04. The minimum atomic E-state index is 0.938. The van der Waals surface area contributed by atoms with Crippen molar-refractivity contribution in [3.63, 3.8) is 0 Å². The quantitative estimate of drug-likeness (QED) is 0.546. The molecule has 0 saturated carbocycles. The lowest BCUT2D eigenvalue weighted by atomic mass is 10.3. The summed E-state index contributed by atoms with van der Waals surface area (Å²) in [5.41, 5.74) is 1.06. The van der Waals surface area contributed by atoms with Crippen molar-refractivity contribution in [1.82, 2.24) is 5.32 Å². The van der Waals surface area contributed by atoms with Crippen molar-refractivity contribution < 1.29 is 0 Å². The minimum absolute atomic E-state index is 0.938. The molecule has 0 atom stereocenters. The summed E-state index contributed by atoms with van der Waals surface area (Å²) >= 11 is 0. The fraction of sp³-hybridized carbons (Fsp3) is 0.429. The molecule has 0 aliphatic carbocycles. The molecule has 0 amide bonds. The second-order valence-electron chi connectivity index (χ2n) is 1.63. The smallest absolute Gasteiger partial charge is 0.00693 e. The first-order chi connectivity index (χ1) is 3.81. The van der Waals surface area contributed by atoms with E-state index in [1.165, 1.54) is 0 Å². The molecule has 0 heterocycles. The first-order valence-electron chi connectivity index (χ1n) is 2.78. The first-order valence-corrected chi connectivity index (χ1v) is 2.78. The Balaban J connectivity index is 3.25. The summed E-state index contributed by atoms with van der Waals surface area (Å²) in [6.45, 7) is 5.75. The summed E-state index contributed by atoms with van der Waals surface area (Å²) in [6, 6.07) is 0. The third-order valence-electron chi connectivity index (χ3n) is 0.954. The van der Waals surface area contributed by atoms with Crippen molar-refractivity contribution in [2.24, 2.45) is 0 Å². The van der Waals surface area contributed by atoms with Gasteiger partial charge in [-0.3, -0.25) is 0 Å². The molecule has 0 aromatic heterocycles. The van der Waals surface area contributed by atoms with Gasteiger partial charge in [-0.05, 0) is 6.92 Å². The van der Waals surface area contributed by atoms with E-state index in [0.29, 0.717) is 0 Å². The van der Waals surface area contributed by atoms with Crippen molar-refractivity contribution in [3.05, 3.63) is 24.4 Å². The van der Waals surface area contributed by atoms with Crippen LogP contribution in [0.3, 0.4) is 0 Å². The molecule has 1 heteroatoms. The molecular weight excluding hydrogens is 98.1 g/mol. The molecule has 0 fully saturated rings. The second kappa shape index (κ2) is 4.44. The largest absolute Gasteiger partial charge is 0.392 e. The lowest BCUT2D eigenvalue weighted by Crippen LogP contribution is -2.01. The van der Waals surface area contributed by atoms with Crippen LogP contribution in [-0.2, 0) is 0 Å². The van der Waals surface area contributed by atoms with Crippen LogP contribution in [0.25, 0.3) is 0 Å². The van der Waals surface area contributed by atoms with E-state index in [1.54, 1.807) is 0 Å². The minimum Gasteiger partial charge on any atom is -0.392 e. The van der Waals surface area contributed by atoms with Crippen LogP contribution >= 0.6 is 0 Å². The van der Waals surface area contributed by atoms with Crippen LogP contribution in [0.1, 0.15) is 13.3 Å². The van der Waals surface area contributed by atoms with Gasteiger partial charge in [0.2, 0.25) is 0 Å². The van der Waals surface area contributed by atoms with E-state index in [9.17, 15) is 0 Å². The molecular formula is C7H13N. The van der Waals surface area contributed by atoms with Crippen LogP contribution < -0.4 is 5.32 Å². The zero-order valence-electron chi connectivity index (χ0n) is 5.57. The van der Waals surface area contributed by atoms with Gasteiger partial charge in [-0.2, -0.15) is 0 Å².